The SMILES string of the molecule is CCC1CCCCC1C(NC)c1ccc(F)cc1Cl. The van der Waals surface area contributed by atoms with Crippen molar-refractivity contribution in [1.29, 1.82) is 0 Å². The summed E-state index contributed by atoms with van der Waals surface area (Å²) in [5, 5.41) is 3.95. The van der Waals surface area contributed by atoms with Crippen molar-refractivity contribution in [2.45, 2.75) is 45.1 Å². The van der Waals surface area contributed by atoms with Crippen LogP contribution in [0.15, 0.2) is 18.2 Å². The molecular formula is C16H23ClFN. The van der Waals surface area contributed by atoms with Gasteiger partial charge in [-0.1, -0.05) is 50.3 Å². The van der Waals surface area contributed by atoms with Crippen LogP contribution in [0.2, 0.25) is 5.02 Å². The second-order valence-corrected chi connectivity index (χ2v) is 5.96. The van der Waals surface area contributed by atoms with Crippen LogP contribution >= 0.6 is 11.6 Å². The minimum atomic E-state index is -0.265. The van der Waals surface area contributed by atoms with E-state index >= 15 is 0 Å². The Kier molecular flexibility index (Phi) is 5.23. The average Bonchev–Trinajstić information content (AvgIpc) is 2.42. The predicted octanol–water partition coefficient (Wildman–Crippen LogP) is 4.96. The highest BCUT2D eigenvalue weighted by Gasteiger charge is 2.31. The quantitative estimate of drug-likeness (QED) is 0.824. The number of benzene rings is 1. The van der Waals surface area contributed by atoms with Crippen molar-refractivity contribution in [1.82, 2.24) is 5.32 Å². The van der Waals surface area contributed by atoms with E-state index in [4.69, 9.17) is 11.6 Å². The summed E-state index contributed by atoms with van der Waals surface area (Å²) in [5.41, 5.74) is 1.04. The van der Waals surface area contributed by atoms with E-state index in [1.54, 1.807) is 0 Å². The summed E-state index contributed by atoms with van der Waals surface area (Å²) in [6, 6.07) is 5.00. The van der Waals surface area contributed by atoms with Gasteiger partial charge in [0.2, 0.25) is 0 Å². The summed E-state index contributed by atoms with van der Waals surface area (Å²) >= 11 is 6.23. The normalized spacial score (nSPS) is 25.3. The average molecular weight is 284 g/mol. The first-order chi connectivity index (χ1) is 9.17. The zero-order chi connectivity index (χ0) is 13.8. The highest BCUT2D eigenvalue weighted by atomic mass is 35.5. The monoisotopic (exact) mass is 283 g/mol. The molecule has 3 heteroatoms. The molecule has 0 spiro atoms. The topological polar surface area (TPSA) is 12.0 Å². The molecule has 1 aromatic carbocycles. The van der Waals surface area contributed by atoms with Gasteiger partial charge in [-0.3, -0.25) is 0 Å². The minimum Gasteiger partial charge on any atom is -0.313 e. The van der Waals surface area contributed by atoms with Crippen LogP contribution in [0.4, 0.5) is 4.39 Å². The summed E-state index contributed by atoms with van der Waals surface area (Å²) in [5.74, 6) is 1.08. The molecule has 1 aliphatic rings. The Morgan fingerprint density at radius 2 is 2.11 bits per heavy atom. The van der Waals surface area contributed by atoms with Crippen molar-refractivity contribution >= 4 is 11.6 Å². The van der Waals surface area contributed by atoms with Gasteiger partial charge >= 0.3 is 0 Å². The standard InChI is InChI=1S/C16H23ClFN/c1-3-11-6-4-5-7-13(11)16(19-2)14-9-8-12(18)10-15(14)17/h8-11,13,16,19H,3-7H2,1-2H3. The second-order valence-electron chi connectivity index (χ2n) is 5.55. The Bertz CT molecular complexity index is 421. The van der Waals surface area contributed by atoms with Crippen LogP contribution in [0.25, 0.3) is 0 Å². The van der Waals surface area contributed by atoms with Crippen LogP contribution in [0.1, 0.15) is 50.6 Å². The first-order valence-corrected chi connectivity index (χ1v) is 7.67. The van der Waals surface area contributed by atoms with E-state index in [2.05, 4.69) is 12.2 Å². The fourth-order valence-electron chi connectivity index (χ4n) is 3.54. The second kappa shape index (κ2) is 6.71. The van der Waals surface area contributed by atoms with E-state index in [1.165, 1.54) is 44.2 Å². The van der Waals surface area contributed by atoms with Crippen molar-refractivity contribution < 1.29 is 4.39 Å². The maximum absolute atomic E-state index is 13.2. The van der Waals surface area contributed by atoms with Crippen LogP contribution in [0.5, 0.6) is 0 Å². The zero-order valence-electron chi connectivity index (χ0n) is 11.8. The molecule has 0 saturated heterocycles. The number of rotatable bonds is 4. The number of hydrogen-bond acceptors (Lipinski definition) is 1. The lowest BCUT2D eigenvalue weighted by atomic mass is 9.72. The first kappa shape index (κ1) is 14.8. The van der Waals surface area contributed by atoms with E-state index in [9.17, 15) is 4.39 Å². The molecule has 19 heavy (non-hydrogen) atoms. The van der Waals surface area contributed by atoms with E-state index in [-0.39, 0.29) is 11.9 Å². The maximum atomic E-state index is 13.2. The van der Waals surface area contributed by atoms with Crippen LogP contribution < -0.4 is 5.32 Å². The van der Waals surface area contributed by atoms with Gasteiger partial charge in [0, 0.05) is 11.1 Å². The molecule has 1 aliphatic carbocycles. The van der Waals surface area contributed by atoms with Gasteiger partial charge in [-0.15, -0.1) is 0 Å². The van der Waals surface area contributed by atoms with E-state index in [1.807, 2.05) is 13.1 Å². The number of nitrogens with one attached hydrogen (secondary N) is 1. The lowest BCUT2D eigenvalue weighted by molar-refractivity contribution is 0.180. The van der Waals surface area contributed by atoms with Gasteiger partial charge < -0.3 is 5.32 Å². The Morgan fingerprint density at radius 3 is 2.74 bits per heavy atom. The molecule has 0 heterocycles. The van der Waals surface area contributed by atoms with Crippen molar-refractivity contribution in [3.8, 4) is 0 Å². The molecule has 0 aromatic heterocycles. The van der Waals surface area contributed by atoms with Gasteiger partial charge in [0.15, 0.2) is 0 Å². The molecule has 0 aliphatic heterocycles. The Morgan fingerprint density at radius 1 is 1.37 bits per heavy atom. The molecule has 0 bridgehead atoms. The fourth-order valence-corrected chi connectivity index (χ4v) is 3.82. The van der Waals surface area contributed by atoms with E-state index in [0.717, 1.165) is 11.5 Å². The summed E-state index contributed by atoms with van der Waals surface area (Å²) in [7, 11) is 1.98. The number of hydrogen-bond donors (Lipinski definition) is 1. The Labute approximate surface area is 120 Å². The molecule has 3 atom stereocenters. The fraction of sp³-hybridized carbons (Fsp3) is 0.625. The van der Waals surface area contributed by atoms with Crippen molar-refractivity contribution in [3.05, 3.63) is 34.6 Å². The lowest BCUT2D eigenvalue weighted by Crippen LogP contribution is -2.32. The van der Waals surface area contributed by atoms with Crippen LogP contribution in [-0.4, -0.2) is 7.05 Å². The third-order valence-corrected chi connectivity index (χ3v) is 4.86. The maximum Gasteiger partial charge on any atom is 0.124 e. The third kappa shape index (κ3) is 3.29. The highest BCUT2D eigenvalue weighted by molar-refractivity contribution is 6.31. The van der Waals surface area contributed by atoms with Crippen molar-refractivity contribution in [3.63, 3.8) is 0 Å². The molecule has 1 aromatic rings. The van der Waals surface area contributed by atoms with Crippen molar-refractivity contribution in [2.75, 3.05) is 7.05 Å². The molecule has 1 nitrogen and oxygen atoms in total. The molecule has 1 N–H and O–H groups in total. The first-order valence-electron chi connectivity index (χ1n) is 7.29. The van der Waals surface area contributed by atoms with E-state index in [0.29, 0.717) is 10.9 Å². The molecule has 0 radical (unpaired) electrons. The largest absolute Gasteiger partial charge is 0.313 e. The molecule has 0 amide bonds. The summed E-state index contributed by atoms with van der Waals surface area (Å²) in [6.07, 6.45) is 6.37. The smallest absolute Gasteiger partial charge is 0.124 e. The molecule has 1 saturated carbocycles. The van der Waals surface area contributed by atoms with Gasteiger partial charge in [-0.2, -0.15) is 0 Å². The minimum absolute atomic E-state index is 0.235. The zero-order valence-corrected chi connectivity index (χ0v) is 12.5. The van der Waals surface area contributed by atoms with Gasteiger partial charge in [-0.25, -0.2) is 4.39 Å². The third-order valence-electron chi connectivity index (χ3n) is 4.53. The summed E-state index contributed by atoms with van der Waals surface area (Å²) in [4.78, 5) is 0. The molecule has 1 fully saturated rings. The molecule has 3 unspecified atom stereocenters. The molecular weight excluding hydrogens is 261 g/mol. The van der Waals surface area contributed by atoms with Crippen LogP contribution in [0, 0.1) is 17.7 Å². The predicted molar refractivity (Wildman–Crippen MR) is 78.9 cm³/mol. The van der Waals surface area contributed by atoms with Gasteiger partial charge in [0.25, 0.3) is 0 Å². The van der Waals surface area contributed by atoms with Gasteiger partial charge in [0.1, 0.15) is 5.82 Å². The molecule has 106 valence electrons. The summed E-state index contributed by atoms with van der Waals surface area (Å²) in [6.45, 7) is 2.27. The van der Waals surface area contributed by atoms with Gasteiger partial charge in [-0.05, 0) is 43.0 Å². The lowest BCUT2D eigenvalue weighted by Gasteiger charge is -2.37. The van der Waals surface area contributed by atoms with E-state index < -0.39 is 0 Å². The Hall–Kier alpha value is -0.600. The molecule has 2 rings (SSSR count). The summed E-state index contributed by atoms with van der Waals surface area (Å²) < 4.78 is 13.2. The Balaban J connectivity index is 2.27. The highest BCUT2D eigenvalue weighted by Crippen LogP contribution is 2.41. The van der Waals surface area contributed by atoms with Crippen LogP contribution in [-0.2, 0) is 0 Å². The number of halogens is 2. The van der Waals surface area contributed by atoms with Crippen molar-refractivity contribution in [2.24, 2.45) is 11.8 Å². The van der Waals surface area contributed by atoms with Gasteiger partial charge in [0.05, 0.1) is 0 Å². The van der Waals surface area contributed by atoms with Crippen LogP contribution in [0.3, 0.4) is 0 Å².